The van der Waals surface area contributed by atoms with E-state index >= 15 is 0 Å². The molecule has 0 radical (unpaired) electrons. The maximum Gasteiger partial charge on any atom is 0.226 e. The molecule has 1 aliphatic heterocycles. The van der Waals surface area contributed by atoms with Crippen LogP contribution in [0.4, 0.5) is 11.4 Å². The molecule has 39 heavy (non-hydrogen) atoms. The SMILES string of the molecule is Cc1cc(N2C(=S)N[C@@H](c3ccccn3)[C@@H]2c2cc(C)n(Cc3ccncc3)c2C)ccc1NC(=O)C(C)C. The molecule has 1 aliphatic rings. The van der Waals surface area contributed by atoms with Gasteiger partial charge in [-0.25, -0.2) is 0 Å². The predicted octanol–water partition coefficient (Wildman–Crippen LogP) is 6.02. The third kappa shape index (κ3) is 5.29. The average Bonchev–Trinajstić information content (AvgIpc) is 3.41. The lowest BCUT2D eigenvalue weighted by Crippen LogP contribution is -2.29. The summed E-state index contributed by atoms with van der Waals surface area (Å²) in [5, 5.41) is 7.24. The molecular weight excluding hydrogens is 504 g/mol. The third-order valence-corrected chi connectivity index (χ3v) is 7.70. The molecule has 2 N–H and O–H groups in total. The van der Waals surface area contributed by atoms with Crippen LogP contribution in [0.5, 0.6) is 0 Å². The average molecular weight is 539 g/mol. The van der Waals surface area contributed by atoms with Crippen LogP contribution in [0, 0.1) is 26.7 Å². The number of thiocarbonyl (C=S) groups is 1. The summed E-state index contributed by atoms with van der Waals surface area (Å²) >= 11 is 5.95. The maximum absolute atomic E-state index is 12.3. The van der Waals surface area contributed by atoms with E-state index in [1.807, 2.05) is 69.7 Å². The van der Waals surface area contributed by atoms with Crippen LogP contribution in [0.1, 0.15) is 59.7 Å². The van der Waals surface area contributed by atoms with Crippen molar-refractivity contribution in [3.63, 3.8) is 0 Å². The second-order valence-corrected chi connectivity index (χ2v) is 10.8. The molecule has 1 saturated heterocycles. The minimum atomic E-state index is -0.130. The number of hydrogen-bond acceptors (Lipinski definition) is 4. The topological polar surface area (TPSA) is 75.1 Å². The Bertz CT molecular complexity index is 1500. The van der Waals surface area contributed by atoms with Gasteiger partial charge in [0, 0.05) is 53.8 Å². The highest BCUT2D eigenvalue weighted by atomic mass is 32.1. The zero-order valence-electron chi connectivity index (χ0n) is 23.0. The molecular formula is C31H34N6OS. The Hall–Kier alpha value is -4.04. The first-order valence-electron chi connectivity index (χ1n) is 13.2. The van der Waals surface area contributed by atoms with Crippen LogP contribution in [0.2, 0.25) is 0 Å². The Morgan fingerprint density at radius 2 is 1.82 bits per heavy atom. The smallest absolute Gasteiger partial charge is 0.226 e. The van der Waals surface area contributed by atoms with Crippen LogP contribution in [0.3, 0.4) is 0 Å². The number of rotatable bonds is 7. The molecule has 4 aromatic rings. The standard InChI is InChI=1S/C31H34N6OS/c1-19(2)30(38)34-26-10-9-24(16-20(26)3)37-29(28(35-31(37)39)27-8-6-7-13-33-27)25-17-21(4)36(22(25)5)18-23-11-14-32-15-12-23/h6-17,19,28-29H,18H2,1-5H3,(H,34,38)(H,35,39)/t28-,29-/m0/s1. The van der Waals surface area contributed by atoms with Gasteiger partial charge in [-0.3, -0.25) is 14.8 Å². The number of carbonyl (C=O) groups is 1. The monoisotopic (exact) mass is 538 g/mol. The Morgan fingerprint density at radius 1 is 1.05 bits per heavy atom. The zero-order chi connectivity index (χ0) is 27.7. The Labute approximate surface area is 235 Å². The van der Waals surface area contributed by atoms with Gasteiger partial charge < -0.3 is 20.1 Å². The van der Waals surface area contributed by atoms with Gasteiger partial charge in [0.1, 0.15) is 0 Å². The van der Waals surface area contributed by atoms with Gasteiger partial charge in [0.05, 0.1) is 17.8 Å². The van der Waals surface area contributed by atoms with Crippen molar-refractivity contribution in [3.05, 3.63) is 107 Å². The number of pyridine rings is 2. The number of aromatic nitrogens is 3. The Kier molecular flexibility index (Phi) is 7.48. The number of amides is 1. The van der Waals surface area contributed by atoms with Gasteiger partial charge in [-0.1, -0.05) is 19.9 Å². The summed E-state index contributed by atoms with van der Waals surface area (Å²) in [5.74, 6) is -0.0933. The number of anilines is 2. The first-order valence-corrected chi connectivity index (χ1v) is 13.6. The lowest BCUT2D eigenvalue weighted by molar-refractivity contribution is -0.118. The van der Waals surface area contributed by atoms with Crippen molar-refractivity contribution in [3.8, 4) is 0 Å². The lowest BCUT2D eigenvalue weighted by atomic mass is 9.96. The number of carbonyl (C=O) groups excluding carboxylic acids is 1. The van der Waals surface area contributed by atoms with Crippen molar-refractivity contribution >= 4 is 34.6 Å². The van der Waals surface area contributed by atoms with Crippen molar-refractivity contribution in [2.45, 2.75) is 53.2 Å². The molecule has 1 amide bonds. The highest BCUT2D eigenvalue weighted by Gasteiger charge is 2.42. The van der Waals surface area contributed by atoms with E-state index in [9.17, 15) is 4.79 Å². The molecule has 1 fully saturated rings. The second-order valence-electron chi connectivity index (χ2n) is 10.4. The number of nitrogens with one attached hydrogen (secondary N) is 2. The third-order valence-electron chi connectivity index (χ3n) is 7.39. The van der Waals surface area contributed by atoms with Gasteiger partial charge in [0.25, 0.3) is 0 Å². The van der Waals surface area contributed by atoms with E-state index in [0.29, 0.717) is 5.11 Å². The number of hydrogen-bond donors (Lipinski definition) is 2. The molecule has 5 rings (SSSR count). The first kappa shape index (κ1) is 26.6. The van der Waals surface area contributed by atoms with E-state index in [2.05, 4.69) is 63.2 Å². The Balaban J connectivity index is 1.57. The molecule has 0 spiro atoms. The van der Waals surface area contributed by atoms with E-state index in [1.165, 1.54) is 22.5 Å². The fraction of sp³-hybridized carbons (Fsp3) is 0.290. The number of nitrogens with zero attached hydrogens (tertiary/aromatic N) is 4. The number of aryl methyl sites for hydroxylation is 2. The van der Waals surface area contributed by atoms with Gasteiger partial charge in [-0.15, -0.1) is 0 Å². The van der Waals surface area contributed by atoms with Crippen LogP contribution in [0.25, 0.3) is 0 Å². The van der Waals surface area contributed by atoms with Crippen LogP contribution in [0.15, 0.2) is 73.2 Å². The highest BCUT2D eigenvalue weighted by Crippen LogP contribution is 2.44. The predicted molar refractivity (Wildman–Crippen MR) is 160 cm³/mol. The minimum Gasteiger partial charge on any atom is -0.351 e. The molecule has 0 bridgehead atoms. The van der Waals surface area contributed by atoms with E-state index in [4.69, 9.17) is 17.2 Å². The molecule has 4 heterocycles. The van der Waals surface area contributed by atoms with E-state index in [-0.39, 0.29) is 23.9 Å². The van der Waals surface area contributed by atoms with Gasteiger partial charge in [-0.05, 0) is 98.2 Å². The summed E-state index contributed by atoms with van der Waals surface area (Å²) in [4.78, 5) is 23.4. The van der Waals surface area contributed by atoms with Gasteiger partial charge in [0.15, 0.2) is 5.11 Å². The van der Waals surface area contributed by atoms with Crippen molar-refractivity contribution < 1.29 is 4.79 Å². The molecule has 200 valence electrons. The molecule has 7 nitrogen and oxygen atoms in total. The largest absolute Gasteiger partial charge is 0.351 e. The molecule has 8 heteroatoms. The van der Waals surface area contributed by atoms with Gasteiger partial charge in [0.2, 0.25) is 5.91 Å². The fourth-order valence-electron chi connectivity index (χ4n) is 5.21. The highest BCUT2D eigenvalue weighted by molar-refractivity contribution is 7.80. The van der Waals surface area contributed by atoms with Crippen LogP contribution >= 0.6 is 12.2 Å². The van der Waals surface area contributed by atoms with Gasteiger partial charge in [-0.2, -0.15) is 0 Å². The summed E-state index contributed by atoms with van der Waals surface area (Å²) in [6.07, 6.45) is 5.49. The zero-order valence-corrected chi connectivity index (χ0v) is 23.8. The number of benzene rings is 1. The molecule has 0 unspecified atom stereocenters. The van der Waals surface area contributed by atoms with E-state index in [1.54, 1.807) is 0 Å². The van der Waals surface area contributed by atoms with Crippen molar-refractivity contribution in [2.75, 3.05) is 10.2 Å². The normalized spacial score (nSPS) is 17.0. The molecule has 3 aromatic heterocycles. The summed E-state index contributed by atoms with van der Waals surface area (Å²) in [5.41, 5.74) is 8.45. The van der Waals surface area contributed by atoms with Gasteiger partial charge >= 0.3 is 0 Å². The lowest BCUT2D eigenvalue weighted by Gasteiger charge is -2.29. The fourth-order valence-corrected chi connectivity index (χ4v) is 5.55. The molecule has 0 saturated carbocycles. The summed E-state index contributed by atoms with van der Waals surface area (Å²) < 4.78 is 2.34. The van der Waals surface area contributed by atoms with E-state index in [0.717, 1.165) is 29.2 Å². The first-order chi connectivity index (χ1) is 18.7. The summed E-state index contributed by atoms with van der Waals surface area (Å²) in [6.45, 7) is 10.9. The molecule has 0 aliphatic carbocycles. The quantitative estimate of drug-likeness (QED) is 0.280. The Morgan fingerprint density at radius 3 is 2.49 bits per heavy atom. The van der Waals surface area contributed by atoms with Crippen LogP contribution in [-0.2, 0) is 11.3 Å². The van der Waals surface area contributed by atoms with Crippen LogP contribution < -0.4 is 15.5 Å². The summed E-state index contributed by atoms with van der Waals surface area (Å²) in [6, 6.07) is 18.2. The molecule has 2 atom stereocenters. The second kappa shape index (κ2) is 11.0. The molecule has 1 aromatic carbocycles. The maximum atomic E-state index is 12.3. The summed E-state index contributed by atoms with van der Waals surface area (Å²) in [7, 11) is 0. The van der Waals surface area contributed by atoms with Crippen molar-refractivity contribution in [1.29, 1.82) is 0 Å². The van der Waals surface area contributed by atoms with Crippen LogP contribution in [-0.4, -0.2) is 25.6 Å². The van der Waals surface area contributed by atoms with Crippen molar-refractivity contribution in [1.82, 2.24) is 19.9 Å². The van der Waals surface area contributed by atoms with Crippen molar-refractivity contribution in [2.24, 2.45) is 5.92 Å². The van der Waals surface area contributed by atoms with E-state index < -0.39 is 0 Å². The minimum absolute atomic E-state index is 0.000982.